The molecule has 0 bridgehead atoms. The predicted molar refractivity (Wildman–Crippen MR) is 82.7 cm³/mol. The zero-order valence-electron chi connectivity index (χ0n) is 13.4. The fourth-order valence-corrected chi connectivity index (χ4v) is 2.81. The second-order valence-corrected chi connectivity index (χ2v) is 6.38. The first-order valence-corrected chi connectivity index (χ1v) is 7.74. The summed E-state index contributed by atoms with van der Waals surface area (Å²) in [7, 11) is 4.41. The number of hydrogen-bond donors (Lipinski definition) is 1. The third-order valence-electron chi connectivity index (χ3n) is 4.02. The first-order valence-electron chi connectivity index (χ1n) is 7.74. The van der Waals surface area contributed by atoms with Crippen molar-refractivity contribution >= 4 is 0 Å². The van der Waals surface area contributed by atoms with Gasteiger partial charge in [0.05, 0.1) is 13.1 Å². The smallest absolute Gasteiger partial charge is 0.118 e. The highest BCUT2D eigenvalue weighted by atomic mass is 16.3. The lowest BCUT2D eigenvalue weighted by Gasteiger charge is -2.25. The topological polar surface area (TPSA) is 31.6 Å². The molecule has 114 valence electrons. The number of likely N-dealkylation sites (N-methyl/N-ethyl adjacent to an activating group) is 2. The molecule has 20 heavy (non-hydrogen) atoms. The fourth-order valence-electron chi connectivity index (χ4n) is 2.81. The molecule has 4 heteroatoms. The molecule has 1 saturated heterocycles. The molecule has 1 atom stereocenters. The lowest BCUT2D eigenvalue weighted by atomic mass is 10.2. The number of nitrogens with one attached hydrogen (secondary N) is 1. The minimum absolute atomic E-state index is 0.490. The quantitative estimate of drug-likeness (QED) is 0.830. The van der Waals surface area contributed by atoms with Gasteiger partial charge in [-0.25, -0.2) is 0 Å². The van der Waals surface area contributed by atoms with E-state index in [-0.39, 0.29) is 0 Å². The van der Waals surface area contributed by atoms with E-state index in [2.05, 4.69) is 55.2 Å². The van der Waals surface area contributed by atoms with Crippen molar-refractivity contribution in [3.8, 4) is 0 Å². The van der Waals surface area contributed by atoms with Gasteiger partial charge in [0.2, 0.25) is 0 Å². The van der Waals surface area contributed by atoms with E-state index in [4.69, 9.17) is 4.42 Å². The molecule has 1 fully saturated rings. The van der Waals surface area contributed by atoms with Crippen molar-refractivity contribution in [1.29, 1.82) is 0 Å². The largest absolute Gasteiger partial charge is 0.463 e. The second-order valence-electron chi connectivity index (χ2n) is 6.38. The summed E-state index contributed by atoms with van der Waals surface area (Å²) >= 11 is 0. The SMILES string of the molecule is CC(C)NCc1ccc(CN(C)CC2CCCN2C)o1. The van der Waals surface area contributed by atoms with E-state index in [1.54, 1.807) is 0 Å². The highest BCUT2D eigenvalue weighted by Crippen LogP contribution is 2.17. The minimum atomic E-state index is 0.490. The summed E-state index contributed by atoms with van der Waals surface area (Å²) in [5.41, 5.74) is 0. The van der Waals surface area contributed by atoms with Crippen LogP contribution < -0.4 is 5.32 Å². The summed E-state index contributed by atoms with van der Waals surface area (Å²) in [5.74, 6) is 2.09. The highest BCUT2D eigenvalue weighted by Gasteiger charge is 2.22. The second kappa shape index (κ2) is 7.25. The number of rotatable bonds is 7. The van der Waals surface area contributed by atoms with Gasteiger partial charge in [-0.1, -0.05) is 13.8 Å². The van der Waals surface area contributed by atoms with Crippen LogP contribution in [0.25, 0.3) is 0 Å². The van der Waals surface area contributed by atoms with Crippen molar-refractivity contribution in [3.05, 3.63) is 23.7 Å². The molecule has 1 aliphatic rings. The average Bonchev–Trinajstić information content (AvgIpc) is 2.97. The third-order valence-corrected chi connectivity index (χ3v) is 4.02. The molecule has 2 rings (SSSR count). The van der Waals surface area contributed by atoms with Crippen LogP contribution in [0, 0.1) is 0 Å². The molecule has 2 heterocycles. The van der Waals surface area contributed by atoms with Crippen molar-refractivity contribution in [1.82, 2.24) is 15.1 Å². The van der Waals surface area contributed by atoms with Crippen molar-refractivity contribution in [2.45, 2.75) is 51.9 Å². The lowest BCUT2D eigenvalue weighted by molar-refractivity contribution is 0.204. The van der Waals surface area contributed by atoms with Gasteiger partial charge in [-0.05, 0) is 45.6 Å². The Balaban J connectivity index is 1.77. The van der Waals surface area contributed by atoms with Crippen molar-refractivity contribution in [3.63, 3.8) is 0 Å². The monoisotopic (exact) mass is 279 g/mol. The molecule has 1 aliphatic heterocycles. The summed E-state index contributed by atoms with van der Waals surface area (Å²) in [6.45, 7) is 8.37. The Bertz CT molecular complexity index is 402. The number of nitrogens with zero attached hydrogens (tertiary/aromatic N) is 2. The number of furan rings is 1. The Morgan fingerprint density at radius 2 is 2.15 bits per heavy atom. The van der Waals surface area contributed by atoms with E-state index in [9.17, 15) is 0 Å². The van der Waals surface area contributed by atoms with Crippen LogP contribution in [0.4, 0.5) is 0 Å². The molecule has 4 nitrogen and oxygen atoms in total. The maximum absolute atomic E-state index is 5.88. The zero-order valence-corrected chi connectivity index (χ0v) is 13.4. The molecule has 0 radical (unpaired) electrons. The van der Waals surface area contributed by atoms with Crippen LogP contribution in [-0.2, 0) is 13.1 Å². The van der Waals surface area contributed by atoms with Crippen molar-refractivity contribution in [2.75, 3.05) is 27.2 Å². The summed E-state index contributed by atoms with van der Waals surface area (Å²) in [5, 5.41) is 3.38. The van der Waals surface area contributed by atoms with Crippen LogP contribution in [0.2, 0.25) is 0 Å². The average molecular weight is 279 g/mol. The predicted octanol–water partition coefficient (Wildman–Crippen LogP) is 2.30. The molecule has 1 aromatic heterocycles. The van der Waals surface area contributed by atoms with E-state index in [1.165, 1.54) is 19.4 Å². The van der Waals surface area contributed by atoms with Crippen LogP contribution in [0.5, 0.6) is 0 Å². The maximum atomic E-state index is 5.88. The Labute approximate surface area is 123 Å². The molecule has 0 spiro atoms. The molecule has 0 saturated carbocycles. The molecule has 1 N–H and O–H groups in total. The van der Waals surface area contributed by atoms with Gasteiger partial charge < -0.3 is 14.6 Å². The maximum Gasteiger partial charge on any atom is 0.118 e. The van der Waals surface area contributed by atoms with Gasteiger partial charge in [0.15, 0.2) is 0 Å². The molecular weight excluding hydrogens is 250 g/mol. The Hall–Kier alpha value is -0.840. The Kier molecular flexibility index (Phi) is 5.64. The van der Waals surface area contributed by atoms with Gasteiger partial charge in [0, 0.05) is 18.6 Å². The van der Waals surface area contributed by atoms with Gasteiger partial charge in [0.1, 0.15) is 11.5 Å². The fraction of sp³-hybridized carbons (Fsp3) is 0.750. The van der Waals surface area contributed by atoms with E-state index >= 15 is 0 Å². The first kappa shape index (κ1) is 15.5. The lowest BCUT2D eigenvalue weighted by Crippen LogP contribution is -2.36. The highest BCUT2D eigenvalue weighted by molar-refractivity contribution is 5.07. The van der Waals surface area contributed by atoms with Gasteiger partial charge in [0.25, 0.3) is 0 Å². The zero-order chi connectivity index (χ0) is 14.5. The number of likely N-dealkylation sites (tertiary alicyclic amines) is 1. The third kappa shape index (κ3) is 4.62. The van der Waals surface area contributed by atoms with E-state index in [0.717, 1.165) is 31.2 Å². The molecular formula is C16H29N3O. The van der Waals surface area contributed by atoms with E-state index in [1.807, 2.05) is 0 Å². The molecule has 0 aliphatic carbocycles. The van der Waals surface area contributed by atoms with Crippen LogP contribution >= 0.6 is 0 Å². The van der Waals surface area contributed by atoms with Gasteiger partial charge >= 0.3 is 0 Å². The van der Waals surface area contributed by atoms with Crippen LogP contribution in [0.3, 0.4) is 0 Å². The van der Waals surface area contributed by atoms with E-state index in [0.29, 0.717) is 12.1 Å². The Morgan fingerprint density at radius 1 is 1.40 bits per heavy atom. The number of hydrogen-bond acceptors (Lipinski definition) is 4. The molecule has 0 aromatic carbocycles. The Morgan fingerprint density at radius 3 is 2.80 bits per heavy atom. The van der Waals surface area contributed by atoms with Gasteiger partial charge in [-0.15, -0.1) is 0 Å². The molecule has 1 aromatic rings. The van der Waals surface area contributed by atoms with Crippen molar-refractivity contribution in [2.24, 2.45) is 0 Å². The van der Waals surface area contributed by atoms with Gasteiger partial charge in [-0.3, -0.25) is 4.90 Å². The minimum Gasteiger partial charge on any atom is -0.463 e. The molecule has 1 unspecified atom stereocenters. The van der Waals surface area contributed by atoms with Crippen LogP contribution in [0.1, 0.15) is 38.2 Å². The van der Waals surface area contributed by atoms with Gasteiger partial charge in [-0.2, -0.15) is 0 Å². The van der Waals surface area contributed by atoms with Crippen molar-refractivity contribution < 1.29 is 4.42 Å². The molecule has 0 amide bonds. The normalized spacial score (nSPS) is 20.4. The summed E-state index contributed by atoms with van der Waals surface area (Å²) in [6.07, 6.45) is 2.66. The van der Waals surface area contributed by atoms with E-state index < -0.39 is 0 Å². The standard InChI is InChI=1S/C16H29N3O/c1-13(2)17-10-15-7-8-16(20-15)12-18(3)11-14-6-5-9-19(14)4/h7-8,13-14,17H,5-6,9-12H2,1-4H3. The summed E-state index contributed by atoms with van der Waals surface area (Å²) in [4.78, 5) is 4.83. The van der Waals surface area contributed by atoms with Crippen LogP contribution in [0.15, 0.2) is 16.5 Å². The van der Waals surface area contributed by atoms with Crippen LogP contribution in [-0.4, -0.2) is 49.1 Å². The summed E-state index contributed by atoms with van der Waals surface area (Å²) in [6, 6.07) is 5.38. The first-order chi connectivity index (χ1) is 9.54. The summed E-state index contributed by atoms with van der Waals surface area (Å²) < 4.78 is 5.88.